The number of carboxylic acid groups (broad SMARTS) is 1. The van der Waals surface area contributed by atoms with Gasteiger partial charge in [-0.25, -0.2) is 14.8 Å². The summed E-state index contributed by atoms with van der Waals surface area (Å²) in [4.78, 5) is 19.1. The second-order valence-corrected chi connectivity index (χ2v) is 4.36. The van der Waals surface area contributed by atoms with Gasteiger partial charge in [-0.15, -0.1) is 11.3 Å². The van der Waals surface area contributed by atoms with Crippen LogP contribution < -0.4 is 15.2 Å². The minimum Gasteiger partial charge on any atom is -0.493 e. The molecule has 0 atom stereocenters. The van der Waals surface area contributed by atoms with E-state index in [4.69, 9.17) is 20.3 Å². The van der Waals surface area contributed by atoms with Gasteiger partial charge in [0.25, 0.3) is 0 Å². The van der Waals surface area contributed by atoms with Gasteiger partial charge in [-0.1, -0.05) is 0 Å². The summed E-state index contributed by atoms with van der Waals surface area (Å²) in [6, 6.07) is 1.29. The van der Waals surface area contributed by atoms with Crippen molar-refractivity contribution in [3.8, 4) is 22.9 Å². The maximum absolute atomic E-state index is 11.1. The van der Waals surface area contributed by atoms with Crippen LogP contribution in [0.25, 0.3) is 11.4 Å². The van der Waals surface area contributed by atoms with Crippen molar-refractivity contribution in [2.45, 2.75) is 0 Å². The second-order valence-electron chi connectivity index (χ2n) is 3.47. The molecule has 0 spiro atoms. The Morgan fingerprint density at radius 3 is 2.58 bits per heavy atom. The molecule has 2 rings (SSSR count). The molecule has 0 aliphatic heterocycles. The molecule has 0 radical (unpaired) electrons. The molecule has 0 unspecified atom stereocenters. The van der Waals surface area contributed by atoms with E-state index in [2.05, 4.69) is 9.97 Å². The number of nitrogen functional groups attached to an aromatic ring is 1. The van der Waals surface area contributed by atoms with Gasteiger partial charge in [0.05, 0.1) is 14.2 Å². The van der Waals surface area contributed by atoms with E-state index in [1.165, 1.54) is 31.6 Å². The van der Waals surface area contributed by atoms with Crippen molar-refractivity contribution in [3.63, 3.8) is 0 Å². The lowest BCUT2D eigenvalue weighted by molar-refractivity contribution is 0.0690. The van der Waals surface area contributed by atoms with Crippen LogP contribution >= 0.6 is 11.3 Å². The summed E-state index contributed by atoms with van der Waals surface area (Å²) in [5, 5.41) is 11.1. The predicted molar refractivity (Wildman–Crippen MR) is 69.8 cm³/mol. The SMILES string of the molecule is COc1cc(C(=O)O)nc(-c2csc(N)n2)c1OC. The van der Waals surface area contributed by atoms with Crippen LogP contribution in [0.1, 0.15) is 10.5 Å². The van der Waals surface area contributed by atoms with Crippen molar-refractivity contribution in [1.29, 1.82) is 0 Å². The Kier molecular flexibility index (Phi) is 3.52. The number of aromatic carboxylic acids is 1. The molecular formula is C11H11N3O4S. The topological polar surface area (TPSA) is 108 Å². The first-order valence-corrected chi connectivity index (χ1v) is 6.02. The molecule has 0 aliphatic carbocycles. The largest absolute Gasteiger partial charge is 0.493 e. The molecule has 0 aliphatic rings. The van der Waals surface area contributed by atoms with Crippen LogP contribution in [0.4, 0.5) is 5.13 Å². The highest BCUT2D eigenvalue weighted by Gasteiger charge is 2.20. The Morgan fingerprint density at radius 1 is 1.37 bits per heavy atom. The monoisotopic (exact) mass is 281 g/mol. The Morgan fingerprint density at radius 2 is 2.11 bits per heavy atom. The van der Waals surface area contributed by atoms with Crippen LogP contribution in [0.15, 0.2) is 11.4 Å². The minimum atomic E-state index is -1.16. The highest BCUT2D eigenvalue weighted by Crippen LogP contribution is 2.37. The number of aromatic nitrogens is 2. The standard InChI is InChI=1S/C11H11N3O4S/c1-17-7-3-5(10(15)16)13-8(9(7)18-2)6-4-19-11(12)14-6/h3-4H,1-2H3,(H2,12,14)(H,15,16). The summed E-state index contributed by atoms with van der Waals surface area (Å²) in [7, 11) is 2.86. The fourth-order valence-electron chi connectivity index (χ4n) is 1.54. The van der Waals surface area contributed by atoms with Crippen LogP contribution in [0.5, 0.6) is 11.5 Å². The maximum Gasteiger partial charge on any atom is 0.354 e. The van der Waals surface area contributed by atoms with Gasteiger partial charge in [0.15, 0.2) is 22.3 Å². The number of anilines is 1. The normalized spacial score (nSPS) is 10.2. The number of nitrogens with two attached hydrogens (primary N) is 1. The molecule has 0 aromatic carbocycles. The van der Waals surface area contributed by atoms with Crippen molar-refractivity contribution in [3.05, 3.63) is 17.1 Å². The number of carboxylic acids is 1. The second kappa shape index (κ2) is 5.11. The average Bonchev–Trinajstić information content (AvgIpc) is 2.83. The molecule has 0 fully saturated rings. The van der Waals surface area contributed by atoms with Gasteiger partial charge in [0.1, 0.15) is 11.4 Å². The molecule has 2 aromatic heterocycles. The first-order chi connectivity index (χ1) is 9.06. The van der Waals surface area contributed by atoms with Gasteiger partial charge < -0.3 is 20.3 Å². The van der Waals surface area contributed by atoms with Gasteiger partial charge >= 0.3 is 5.97 Å². The van der Waals surface area contributed by atoms with E-state index < -0.39 is 5.97 Å². The number of hydrogen-bond donors (Lipinski definition) is 2. The number of hydrogen-bond acceptors (Lipinski definition) is 7. The Hall–Kier alpha value is -2.35. The molecule has 8 heteroatoms. The van der Waals surface area contributed by atoms with Gasteiger partial charge in [-0.3, -0.25) is 0 Å². The number of carbonyl (C=O) groups is 1. The zero-order valence-electron chi connectivity index (χ0n) is 10.2. The molecule has 100 valence electrons. The minimum absolute atomic E-state index is 0.153. The number of thiazole rings is 1. The van der Waals surface area contributed by atoms with Crippen LogP contribution in [0.2, 0.25) is 0 Å². The quantitative estimate of drug-likeness (QED) is 0.874. The summed E-state index contributed by atoms with van der Waals surface area (Å²) in [6.45, 7) is 0. The molecule has 0 saturated carbocycles. The van der Waals surface area contributed by atoms with Crippen molar-refractivity contribution < 1.29 is 19.4 Å². The molecule has 0 amide bonds. The van der Waals surface area contributed by atoms with Crippen molar-refractivity contribution in [2.75, 3.05) is 20.0 Å². The van der Waals surface area contributed by atoms with Crippen molar-refractivity contribution >= 4 is 22.4 Å². The zero-order valence-corrected chi connectivity index (χ0v) is 11.0. The number of methoxy groups -OCH3 is 2. The third-order valence-corrected chi connectivity index (χ3v) is 3.02. The van der Waals surface area contributed by atoms with E-state index in [0.29, 0.717) is 16.6 Å². The first kappa shape index (κ1) is 13.1. The lowest BCUT2D eigenvalue weighted by Crippen LogP contribution is -2.05. The predicted octanol–water partition coefficient (Wildman–Crippen LogP) is 1.50. The van der Waals surface area contributed by atoms with E-state index in [1.54, 1.807) is 5.38 Å². The lowest BCUT2D eigenvalue weighted by atomic mass is 10.2. The number of rotatable bonds is 4. The molecular weight excluding hydrogens is 270 g/mol. The number of nitrogens with zero attached hydrogens (tertiary/aromatic N) is 2. The summed E-state index contributed by atoms with van der Waals surface area (Å²) >= 11 is 1.23. The van der Waals surface area contributed by atoms with E-state index in [-0.39, 0.29) is 17.1 Å². The van der Waals surface area contributed by atoms with Crippen molar-refractivity contribution in [2.24, 2.45) is 0 Å². The molecule has 2 heterocycles. The Labute approximate surface area is 112 Å². The lowest BCUT2D eigenvalue weighted by Gasteiger charge is -2.11. The summed E-state index contributed by atoms with van der Waals surface area (Å²) < 4.78 is 10.3. The fraction of sp³-hybridized carbons (Fsp3) is 0.182. The smallest absolute Gasteiger partial charge is 0.354 e. The molecule has 19 heavy (non-hydrogen) atoms. The van der Waals surface area contributed by atoms with Crippen LogP contribution in [0.3, 0.4) is 0 Å². The Bertz CT molecular complexity index is 626. The van der Waals surface area contributed by atoms with E-state index in [9.17, 15) is 4.79 Å². The van der Waals surface area contributed by atoms with Gasteiger partial charge in [-0.2, -0.15) is 0 Å². The summed E-state index contributed by atoms with van der Waals surface area (Å²) in [5.41, 5.74) is 6.14. The van der Waals surface area contributed by atoms with Crippen molar-refractivity contribution in [1.82, 2.24) is 9.97 Å². The van der Waals surface area contributed by atoms with Gasteiger partial charge in [-0.05, 0) is 0 Å². The average molecular weight is 281 g/mol. The zero-order chi connectivity index (χ0) is 14.0. The maximum atomic E-state index is 11.1. The van der Waals surface area contributed by atoms with E-state index in [1.807, 2.05) is 0 Å². The first-order valence-electron chi connectivity index (χ1n) is 5.14. The molecule has 3 N–H and O–H groups in total. The number of pyridine rings is 1. The summed E-state index contributed by atoms with van der Waals surface area (Å²) in [5.74, 6) is -0.570. The molecule has 2 aromatic rings. The summed E-state index contributed by atoms with van der Waals surface area (Å²) in [6.07, 6.45) is 0. The van der Waals surface area contributed by atoms with Crippen LogP contribution in [-0.4, -0.2) is 35.3 Å². The van der Waals surface area contributed by atoms with Crippen LogP contribution in [-0.2, 0) is 0 Å². The fourth-order valence-corrected chi connectivity index (χ4v) is 2.09. The molecule has 7 nitrogen and oxygen atoms in total. The third-order valence-electron chi connectivity index (χ3n) is 2.35. The number of ether oxygens (including phenoxy) is 2. The van der Waals surface area contributed by atoms with E-state index in [0.717, 1.165) is 0 Å². The highest BCUT2D eigenvalue weighted by atomic mass is 32.1. The third kappa shape index (κ3) is 2.43. The van der Waals surface area contributed by atoms with Gasteiger partial charge in [0.2, 0.25) is 0 Å². The molecule has 0 bridgehead atoms. The Balaban J connectivity index is 2.69. The van der Waals surface area contributed by atoms with E-state index >= 15 is 0 Å². The van der Waals surface area contributed by atoms with Gasteiger partial charge in [0, 0.05) is 11.4 Å². The van der Waals surface area contributed by atoms with Crippen LogP contribution in [0, 0.1) is 0 Å². The highest BCUT2D eigenvalue weighted by molar-refractivity contribution is 7.13. The molecule has 0 saturated heterocycles.